The second-order valence-electron chi connectivity index (χ2n) is 9.77. The van der Waals surface area contributed by atoms with Crippen LogP contribution in [-0.2, 0) is 4.79 Å². The van der Waals surface area contributed by atoms with Gasteiger partial charge in [-0.1, -0.05) is 25.8 Å². The third-order valence-corrected chi connectivity index (χ3v) is 8.94. The molecule has 38 heavy (non-hydrogen) atoms. The summed E-state index contributed by atoms with van der Waals surface area (Å²) < 4.78 is 1.90. The van der Waals surface area contributed by atoms with Crippen molar-refractivity contribution in [3.05, 3.63) is 51.0 Å². The zero-order chi connectivity index (χ0) is 27.7. The number of hydrogen-bond donors (Lipinski definition) is 4. The van der Waals surface area contributed by atoms with Gasteiger partial charge in [0.1, 0.15) is 5.82 Å². The molecule has 0 saturated carbocycles. The lowest BCUT2D eigenvalue weighted by molar-refractivity contribution is -0.137. The number of carboxylic acids is 1. The van der Waals surface area contributed by atoms with Crippen LogP contribution in [0, 0.1) is 0 Å². The lowest BCUT2D eigenvalue weighted by atomic mass is 9.90. The first kappa shape index (κ1) is 30.5. The van der Waals surface area contributed by atoms with Crippen LogP contribution in [0.1, 0.15) is 70.8 Å². The number of nitrogens with zero attached hydrogens (tertiary/aromatic N) is 2. The topological polar surface area (TPSA) is 93.3 Å². The van der Waals surface area contributed by atoms with E-state index in [-0.39, 0.29) is 0 Å². The van der Waals surface area contributed by atoms with E-state index in [0.717, 1.165) is 63.8 Å². The summed E-state index contributed by atoms with van der Waals surface area (Å²) in [5.74, 6) is 0.601. The molecule has 1 aliphatic heterocycles. The summed E-state index contributed by atoms with van der Waals surface area (Å²) in [5.41, 5.74) is 4.30. The van der Waals surface area contributed by atoms with Gasteiger partial charge < -0.3 is 25.6 Å². The Morgan fingerprint density at radius 1 is 1.18 bits per heavy atom. The summed E-state index contributed by atoms with van der Waals surface area (Å²) in [6.45, 7) is 8.89. The molecule has 0 bridgehead atoms. The van der Waals surface area contributed by atoms with E-state index in [0.29, 0.717) is 23.5 Å². The Hall–Kier alpha value is -2.01. The van der Waals surface area contributed by atoms with Crippen LogP contribution in [0.2, 0.25) is 0 Å². The summed E-state index contributed by atoms with van der Waals surface area (Å²) in [6, 6.07) is 10.5. The van der Waals surface area contributed by atoms with E-state index in [1.54, 1.807) is 0 Å². The van der Waals surface area contributed by atoms with Crippen LogP contribution in [0.15, 0.2) is 45.5 Å². The van der Waals surface area contributed by atoms with Crippen molar-refractivity contribution in [2.45, 2.75) is 71.3 Å². The second-order valence-corrected chi connectivity index (χ2v) is 11.8. The molecule has 4 rings (SSSR count). The summed E-state index contributed by atoms with van der Waals surface area (Å²) in [4.78, 5) is 20.7. The molecule has 10 heteroatoms. The number of rotatable bonds is 8. The van der Waals surface area contributed by atoms with Gasteiger partial charge in [0.05, 0.1) is 21.2 Å². The van der Waals surface area contributed by atoms with Crippen LogP contribution in [0.25, 0.3) is 11.0 Å². The first-order valence-corrected chi connectivity index (χ1v) is 15.1. The number of benzene rings is 1. The third kappa shape index (κ3) is 8.76. The predicted molar refractivity (Wildman–Crippen MR) is 168 cm³/mol. The molecule has 3 heterocycles. The minimum atomic E-state index is -0.682. The number of aliphatic carboxylic acids is 1. The SMILES string of the molecule is CC(C)N1CCC(c2c[nH]c3ccc(NC(=S)Nc4cccc(Br)c4Br)nc23)CC1.CCCCCC(=O)O. The van der Waals surface area contributed by atoms with Crippen molar-refractivity contribution >= 4 is 77.7 Å². The lowest BCUT2D eigenvalue weighted by Gasteiger charge is -2.34. The Labute approximate surface area is 247 Å². The number of aromatic amines is 1. The summed E-state index contributed by atoms with van der Waals surface area (Å²) in [7, 11) is 0. The van der Waals surface area contributed by atoms with Gasteiger partial charge >= 0.3 is 5.97 Å². The molecule has 3 aromatic rings. The highest BCUT2D eigenvalue weighted by atomic mass is 79.9. The number of carboxylic acid groups (broad SMARTS) is 1. The Balaban J connectivity index is 0.000000436. The van der Waals surface area contributed by atoms with Gasteiger partial charge in [-0.15, -0.1) is 0 Å². The monoisotopic (exact) mass is 665 g/mol. The molecule has 1 saturated heterocycles. The van der Waals surface area contributed by atoms with Crippen molar-refractivity contribution in [3.63, 3.8) is 0 Å². The Kier molecular flexibility index (Phi) is 12.0. The molecule has 0 amide bonds. The third-order valence-electron chi connectivity index (χ3n) is 6.69. The van der Waals surface area contributed by atoms with Crippen molar-refractivity contribution in [1.29, 1.82) is 0 Å². The maximum atomic E-state index is 9.87. The smallest absolute Gasteiger partial charge is 0.303 e. The van der Waals surface area contributed by atoms with Crippen molar-refractivity contribution < 1.29 is 9.90 Å². The number of unbranched alkanes of at least 4 members (excludes halogenated alkanes) is 2. The Bertz CT molecular complexity index is 1230. The first-order chi connectivity index (χ1) is 18.2. The molecule has 2 aromatic heterocycles. The Morgan fingerprint density at radius 2 is 1.92 bits per heavy atom. The molecule has 0 aliphatic carbocycles. The highest BCUT2D eigenvalue weighted by molar-refractivity contribution is 9.13. The molecular formula is C28H37Br2N5O2S. The fraction of sp³-hybridized carbons (Fsp3) is 0.464. The molecule has 1 fully saturated rings. The van der Waals surface area contributed by atoms with E-state index in [1.165, 1.54) is 18.4 Å². The molecule has 1 aliphatic rings. The van der Waals surface area contributed by atoms with Gasteiger partial charge in [-0.05, 0) is 126 Å². The highest BCUT2D eigenvalue weighted by Crippen LogP contribution is 2.34. The predicted octanol–water partition coefficient (Wildman–Crippen LogP) is 8.14. The number of fused-ring (bicyclic) bond motifs is 1. The molecule has 0 spiro atoms. The molecule has 206 valence electrons. The number of piperidine rings is 1. The second kappa shape index (κ2) is 15.0. The van der Waals surface area contributed by atoms with E-state index in [1.807, 2.05) is 24.3 Å². The average molecular weight is 668 g/mol. The largest absolute Gasteiger partial charge is 0.481 e. The van der Waals surface area contributed by atoms with Gasteiger partial charge in [-0.3, -0.25) is 4.79 Å². The fourth-order valence-electron chi connectivity index (χ4n) is 4.52. The zero-order valence-electron chi connectivity index (χ0n) is 22.2. The number of halogens is 2. The van der Waals surface area contributed by atoms with E-state index in [4.69, 9.17) is 22.3 Å². The van der Waals surface area contributed by atoms with Gasteiger partial charge in [0.25, 0.3) is 0 Å². The van der Waals surface area contributed by atoms with Crippen LogP contribution < -0.4 is 10.6 Å². The standard InChI is InChI=1S/C22H25Br2N5S.C6H12O2/c1-13(2)29-10-8-14(9-11-29)15-12-25-18-6-7-19(27-21(15)18)28-22(30)26-17-5-3-4-16(23)20(17)24;1-2-3-4-5-6(7)8/h3-7,12-14,25H,8-11H2,1-2H3,(H2,26,27,28,30);2-5H2,1H3,(H,7,8). The van der Waals surface area contributed by atoms with Gasteiger partial charge in [-0.2, -0.15) is 0 Å². The molecule has 7 nitrogen and oxygen atoms in total. The molecule has 0 unspecified atom stereocenters. The number of aromatic nitrogens is 2. The first-order valence-electron chi connectivity index (χ1n) is 13.2. The molecular weight excluding hydrogens is 630 g/mol. The van der Waals surface area contributed by atoms with E-state index in [9.17, 15) is 4.79 Å². The maximum Gasteiger partial charge on any atom is 0.303 e. The average Bonchev–Trinajstić information content (AvgIpc) is 3.30. The van der Waals surface area contributed by atoms with Crippen LogP contribution in [0.4, 0.5) is 11.5 Å². The van der Waals surface area contributed by atoms with Crippen LogP contribution in [-0.4, -0.2) is 50.2 Å². The number of hydrogen-bond acceptors (Lipinski definition) is 4. The van der Waals surface area contributed by atoms with Crippen molar-refractivity contribution in [2.75, 3.05) is 23.7 Å². The van der Waals surface area contributed by atoms with Gasteiger partial charge in [0, 0.05) is 23.1 Å². The van der Waals surface area contributed by atoms with Gasteiger partial charge in [0.15, 0.2) is 5.11 Å². The molecule has 0 radical (unpaired) electrons. The fourth-order valence-corrected chi connectivity index (χ4v) is 5.47. The zero-order valence-corrected chi connectivity index (χ0v) is 26.2. The minimum Gasteiger partial charge on any atom is -0.481 e. The van der Waals surface area contributed by atoms with E-state index >= 15 is 0 Å². The number of carbonyl (C=O) groups is 1. The van der Waals surface area contributed by atoms with E-state index in [2.05, 4.69) is 85.4 Å². The Morgan fingerprint density at radius 3 is 2.58 bits per heavy atom. The number of thiocarbonyl (C=S) groups is 1. The van der Waals surface area contributed by atoms with E-state index < -0.39 is 5.97 Å². The summed E-state index contributed by atoms with van der Waals surface area (Å²) in [6.07, 6.45) is 7.74. The molecule has 1 aromatic carbocycles. The number of pyridine rings is 1. The number of anilines is 2. The van der Waals surface area contributed by atoms with Crippen LogP contribution in [0.5, 0.6) is 0 Å². The quantitative estimate of drug-likeness (QED) is 0.142. The van der Waals surface area contributed by atoms with Crippen LogP contribution >= 0.6 is 44.1 Å². The summed E-state index contributed by atoms with van der Waals surface area (Å²) in [5, 5.41) is 15.1. The van der Waals surface area contributed by atoms with Crippen molar-refractivity contribution in [2.24, 2.45) is 0 Å². The van der Waals surface area contributed by atoms with Crippen molar-refractivity contribution in [3.8, 4) is 0 Å². The molecule has 0 atom stereocenters. The number of likely N-dealkylation sites (tertiary alicyclic amines) is 1. The molecule has 4 N–H and O–H groups in total. The minimum absolute atomic E-state index is 0.327. The number of nitrogens with one attached hydrogen (secondary N) is 3. The number of H-pyrrole nitrogens is 1. The summed E-state index contributed by atoms with van der Waals surface area (Å²) >= 11 is 12.6. The van der Waals surface area contributed by atoms with Crippen LogP contribution in [0.3, 0.4) is 0 Å². The maximum absolute atomic E-state index is 9.87. The normalized spacial score (nSPS) is 14.3. The lowest BCUT2D eigenvalue weighted by Crippen LogP contribution is -2.37. The van der Waals surface area contributed by atoms with Gasteiger partial charge in [0.2, 0.25) is 0 Å². The highest BCUT2D eigenvalue weighted by Gasteiger charge is 2.24. The van der Waals surface area contributed by atoms with Gasteiger partial charge in [-0.25, -0.2) is 4.98 Å². The van der Waals surface area contributed by atoms with Crippen molar-refractivity contribution in [1.82, 2.24) is 14.9 Å².